The number of aryl methyl sites for hydroxylation is 3. The molecule has 0 radical (unpaired) electrons. The smallest absolute Gasteiger partial charge is 0.0492 e. The van der Waals surface area contributed by atoms with Gasteiger partial charge in [-0.2, -0.15) is 5.10 Å². The average molecular weight is 282 g/mol. The fourth-order valence-corrected chi connectivity index (χ4v) is 2.90. The topological polar surface area (TPSA) is 48.8 Å². The first-order chi connectivity index (χ1) is 10.1. The predicted molar refractivity (Wildman–Crippen MR) is 86.2 cm³/mol. The highest BCUT2D eigenvalue weighted by Crippen LogP contribution is 2.22. The molecule has 0 fully saturated rings. The van der Waals surface area contributed by atoms with Gasteiger partial charge < -0.3 is 10.3 Å². The molecule has 0 spiro atoms. The Balaban J connectivity index is 1.89. The maximum Gasteiger partial charge on any atom is 0.0492 e. The van der Waals surface area contributed by atoms with Crippen LogP contribution in [0.3, 0.4) is 0 Å². The summed E-state index contributed by atoms with van der Waals surface area (Å²) < 4.78 is 4.27. The molecule has 2 aromatic heterocycles. The normalized spacial score (nSPS) is 12.9. The van der Waals surface area contributed by atoms with Crippen LogP contribution in [0.2, 0.25) is 0 Å². The van der Waals surface area contributed by atoms with Gasteiger partial charge in [-0.15, -0.1) is 0 Å². The number of aromatic nitrogens is 3. The van der Waals surface area contributed by atoms with E-state index >= 15 is 0 Å². The molecule has 0 aliphatic carbocycles. The largest absolute Gasteiger partial charge is 0.347 e. The molecule has 2 heterocycles. The van der Waals surface area contributed by atoms with Crippen molar-refractivity contribution in [2.24, 2.45) is 12.8 Å². The van der Waals surface area contributed by atoms with Gasteiger partial charge in [-0.3, -0.25) is 4.68 Å². The molecule has 1 unspecified atom stereocenters. The minimum Gasteiger partial charge on any atom is -0.347 e. The van der Waals surface area contributed by atoms with Gasteiger partial charge in [-0.05, 0) is 31.0 Å². The Morgan fingerprint density at radius 3 is 2.76 bits per heavy atom. The van der Waals surface area contributed by atoms with Crippen molar-refractivity contribution in [2.75, 3.05) is 0 Å². The predicted octanol–water partition coefficient (Wildman–Crippen LogP) is 2.51. The highest BCUT2D eigenvalue weighted by atomic mass is 15.3. The Hall–Kier alpha value is -2.07. The lowest BCUT2D eigenvalue weighted by Crippen LogP contribution is -2.17. The van der Waals surface area contributed by atoms with Crippen LogP contribution in [0.1, 0.15) is 18.2 Å². The van der Waals surface area contributed by atoms with E-state index in [1.165, 1.54) is 22.2 Å². The summed E-state index contributed by atoms with van der Waals surface area (Å²) >= 11 is 0. The molecule has 0 saturated heterocycles. The standard InChI is InChI=1S/C17H22N4/c1-13(18)11-14-12-21(17-6-4-3-5-16(14)17)10-8-15-7-9-19-20(15)2/h3-7,9,12-13H,8,10-11,18H2,1-2H3. The number of para-hydroxylation sites is 1. The number of rotatable bonds is 5. The summed E-state index contributed by atoms with van der Waals surface area (Å²) in [5.41, 5.74) is 9.85. The second kappa shape index (κ2) is 5.74. The van der Waals surface area contributed by atoms with E-state index in [1.807, 2.05) is 17.9 Å². The molecule has 0 bridgehead atoms. The second-order valence-electron chi connectivity index (χ2n) is 5.74. The molecule has 1 atom stereocenters. The zero-order valence-electron chi connectivity index (χ0n) is 12.7. The van der Waals surface area contributed by atoms with E-state index in [2.05, 4.69) is 53.1 Å². The van der Waals surface area contributed by atoms with E-state index in [4.69, 9.17) is 5.73 Å². The lowest BCUT2D eigenvalue weighted by molar-refractivity contribution is 0.646. The van der Waals surface area contributed by atoms with Crippen LogP contribution in [0.15, 0.2) is 42.7 Å². The molecule has 2 N–H and O–H groups in total. The maximum atomic E-state index is 5.97. The third-order valence-electron chi connectivity index (χ3n) is 3.94. The highest BCUT2D eigenvalue weighted by Gasteiger charge is 2.10. The molecule has 3 rings (SSSR count). The van der Waals surface area contributed by atoms with Gasteiger partial charge in [-0.25, -0.2) is 0 Å². The molecule has 1 aromatic carbocycles. The SMILES string of the molecule is CC(N)Cc1cn(CCc2ccnn2C)c2ccccc12. The summed E-state index contributed by atoms with van der Waals surface area (Å²) in [5.74, 6) is 0. The second-order valence-corrected chi connectivity index (χ2v) is 5.74. The molecule has 0 aliphatic rings. The molecule has 0 aliphatic heterocycles. The number of nitrogens with zero attached hydrogens (tertiary/aromatic N) is 3. The van der Waals surface area contributed by atoms with Crippen LogP contribution >= 0.6 is 0 Å². The summed E-state index contributed by atoms with van der Waals surface area (Å²) in [5, 5.41) is 5.55. The maximum absolute atomic E-state index is 5.97. The highest BCUT2D eigenvalue weighted by molar-refractivity contribution is 5.84. The molecule has 4 heteroatoms. The van der Waals surface area contributed by atoms with Crippen molar-refractivity contribution in [2.45, 2.75) is 32.4 Å². The van der Waals surface area contributed by atoms with Crippen molar-refractivity contribution in [1.29, 1.82) is 0 Å². The van der Waals surface area contributed by atoms with Crippen molar-refractivity contribution in [1.82, 2.24) is 14.3 Å². The monoisotopic (exact) mass is 282 g/mol. The van der Waals surface area contributed by atoms with E-state index in [0.29, 0.717) is 0 Å². The third kappa shape index (κ3) is 2.85. The molecule has 3 aromatic rings. The van der Waals surface area contributed by atoms with Gasteiger partial charge in [0.15, 0.2) is 0 Å². The molecule has 110 valence electrons. The van der Waals surface area contributed by atoms with Crippen LogP contribution in [-0.2, 0) is 26.4 Å². The quantitative estimate of drug-likeness (QED) is 0.781. The van der Waals surface area contributed by atoms with Crippen LogP contribution < -0.4 is 5.73 Å². The number of benzene rings is 1. The molecule has 0 saturated carbocycles. The minimum absolute atomic E-state index is 0.182. The first-order valence-corrected chi connectivity index (χ1v) is 7.44. The van der Waals surface area contributed by atoms with E-state index in [9.17, 15) is 0 Å². The van der Waals surface area contributed by atoms with Gasteiger partial charge in [-0.1, -0.05) is 18.2 Å². The van der Waals surface area contributed by atoms with Gasteiger partial charge in [0.05, 0.1) is 0 Å². The Kier molecular flexibility index (Phi) is 3.80. The van der Waals surface area contributed by atoms with Gasteiger partial charge in [0.1, 0.15) is 0 Å². The van der Waals surface area contributed by atoms with Crippen LogP contribution in [-0.4, -0.2) is 20.4 Å². The Morgan fingerprint density at radius 2 is 2.05 bits per heavy atom. The number of fused-ring (bicyclic) bond motifs is 1. The fraction of sp³-hybridized carbons (Fsp3) is 0.353. The fourth-order valence-electron chi connectivity index (χ4n) is 2.90. The minimum atomic E-state index is 0.182. The lowest BCUT2D eigenvalue weighted by Gasteiger charge is -2.05. The van der Waals surface area contributed by atoms with Crippen LogP contribution in [0.5, 0.6) is 0 Å². The van der Waals surface area contributed by atoms with E-state index in [-0.39, 0.29) is 6.04 Å². The van der Waals surface area contributed by atoms with Gasteiger partial charge in [0, 0.05) is 55.0 Å². The van der Waals surface area contributed by atoms with Crippen molar-refractivity contribution in [3.63, 3.8) is 0 Å². The zero-order chi connectivity index (χ0) is 14.8. The molecule has 21 heavy (non-hydrogen) atoms. The number of hydrogen-bond acceptors (Lipinski definition) is 2. The van der Waals surface area contributed by atoms with Crippen LogP contribution in [0.25, 0.3) is 10.9 Å². The Labute approximate surface area is 125 Å². The van der Waals surface area contributed by atoms with Gasteiger partial charge >= 0.3 is 0 Å². The van der Waals surface area contributed by atoms with E-state index in [0.717, 1.165) is 19.4 Å². The number of hydrogen-bond donors (Lipinski definition) is 1. The molecular formula is C17H22N4. The first kappa shape index (κ1) is 13.9. The van der Waals surface area contributed by atoms with Crippen LogP contribution in [0.4, 0.5) is 0 Å². The first-order valence-electron chi connectivity index (χ1n) is 7.44. The lowest BCUT2D eigenvalue weighted by atomic mass is 10.1. The molecule has 0 amide bonds. The van der Waals surface area contributed by atoms with Crippen molar-refractivity contribution >= 4 is 10.9 Å². The molecule has 4 nitrogen and oxygen atoms in total. The zero-order valence-corrected chi connectivity index (χ0v) is 12.7. The van der Waals surface area contributed by atoms with Crippen molar-refractivity contribution in [3.8, 4) is 0 Å². The Bertz CT molecular complexity index is 736. The number of nitrogens with two attached hydrogens (primary N) is 1. The summed E-state index contributed by atoms with van der Waals surface area (Å²) in [6.07, 6.45) is 6.00. The summed E-state index contributed by atoms with van der Waals surface area (Å²) in [6.45, 7) is 3.01. The van der Waals surface area contributed by atoms with Gasteiger partial charge in [0.25, 0.3) is 0 Å². The van der Waals surface area contributed by atoms with Crippen molar-refractivity contribution < 1.29 is 0 Å². The summed E-state index contributed by atoms with van der Waals surface area (Å²) in [4.78, 5) is 0. The van der Waals surface area contributed by atoms with E-state index < -0.39 is 0 Å². The van der Waals surface area contributed by atoms with E-state index in [1.54, 1.807) is 0 Å². The van der Waals surface area contributed by atoms with Gasteiger partial charge in [0.2, 0.25) is 0 Å². The third-order valence-corrected chi connectivity index (χ3v) is 3.94. The molecular weight excluding hydrogens is 260 g/mol. The summed E-state index contributed by atoms with van der Waals surface area (Å²) in [6, 6.07) is 10.8. The summed E-state index contributed by atoms with van der Waals surface area (Å²) in [7, 11) is 1.99. The average Bonchev–Trinajstić information content (AvgIpc) is 3.01. The Morgan fingerprint density at radius 1 is 1.24 bits per heavy atom. The van der Waals surface area contributed by atoms with Crippen LogP contribution in [0, 0.1) is 0 Å². The van der Waals surface area contributed by atoms with Crippen molar-refractivity contribution in [3.05, 3.63) is 54.0 Å².